The number of amides is 1. The minimum Gasteiger partial charge on any atom is -0.348 e. The topological polar surface area (TPSA) is 46.4 Å². The molecule has 0 atom stereocenters. The molecule has 5 heteroatoms. The van der Waals surface area contributed by atoms with E-state index in [2.05, 4.69) is 26.2 Å². The zero-order chi connectivity index (χ0) is 13.4. The van der Waals surface area contributed by atoms with Crippen LogP contribution in [0.4, 0.5) is 0 Å². The van der Waals surface area contributed by atoms with Crippen molar-refractivity contribution in [2.75, 3.05) is 0 Å². The molecule has 0 aromatic carbocycles. The molecule has 4 nitrogen and oxygen atoms in total. The van der Waals surface area contributed by atoms with Crippen LogP contribution in [0.15, 0.2) is 22.8 Å². The summed E-state index contributed by atoms with van der Waals surface area (Å²) in [6.07, 6.45) is 6.49. The third kappa shape index (κ3) is 2.39. The van der Waals surface area contributed by atoms with E-state index in [4.69, 9.17) is 0 Å². The number of fused-ring (bicyclic) bond motifs is 1. The number of hydrogen-bond donors (Lipinski definition) is 1. The molecule has 0 unspecified atom stereocenters. The Morgan fingerprint density at radius 3 is 2.89 bits per heavy atom. The molecule has 0 saturated heterocycles. The first-order valence-electron chi connectivity index (χ1n) is 6.60. The van der Waals surface area contributed by atoms with E-state index in [-0.39, 0.29) is 5.91 Å². The fraction of sp³-hybridized carbons (Fsp3) is 0.429. The fourth-order valence-electron chi connectivity index (χ4n) is 2.73. The maximum absolute atomic E-state index is 12.4. The Morgan fingerprint density at radius 2 is 2.16 bits per heavy atom. The van der Waals surface area contributed by atoms with Gasteiger partial charge in [0, 0.05) is 16.7 Å². The Kier molecular flexibility index (Phi) is 3.31. The van der Waals surface area contributed by atoms with Gasteiger partial charge in [-0.25, -0.2) is 4.98 Å². The molecular weight excluding hydrogens is 306 g/mol. The smallest absolute Gasteiger partial charge is 0.270 e. The lowest BCUT2D eigenvalue weighted by molar-refractivity contribution is 0.0931. The predicted octanol–water partition coefficient (Wildman–Crippen LogP) is 3.08. The summed E-state index contributed by atoms with van der Waals surface area (Å²) >= 11 is 3.43. The number of pyridine rings is 1. The van der Waals surface area contributed by atoms with E-state index >= 15 is 0 Å². The number of halogens is 1. The number of rotatable bonds is 2. The molecule has 3 rings (SSSR count). The molecule has 2 heterocycles. The average Bonchev–Trinajstić information content (AvgIpc) is 2.95. The van der Waals surface area contributed by atoms with E-state index in [9.17, 15) is 4.79 Å². The first kappa shape index (κ1) is 12.7. The number of hydrogen-bond acceptors (Lipinski definition) is 2. The van der Waals surface area contributed by atoms with Crippen molar-refractivity contribution in [3.05, 3.63) is 34.2 Å². The van der Waals surface area contributed by atoms with Gasteiger partial charge in [0.25, 0.3) is 5.91 Å². The number of nitrogens with zero attached hydrogens (tertiary/aromatic N) is 2. The zero-order valence-corrected chi connectivity index (χ0v) is 12.4. The summed E-state index contributed by atoms with van der Waals surface area (Å²) in [6.45, 7) is 1.88. The van der Waals surface area contributed by atoms with Crippen LogP contribution in [-0.4, -0.2) is 21.3 Å². The van der Waals surface area contributed by atoms with Crippen molar-refractivity contribution in [2.45, 2.75) is 38.6 Å². The van der Waals surface area contributed by atoms with Gasteiger partial charge in [0.05, 0.1) is 5.69 Å². The number of imidazole rings is 1. The van der Waals surface area contributed by atoms with Crippen LogP contribution in [0.5, 0.6) is 0 Å². The molecule has 0 aliphatic heterocycles. The highest BCUT2D eigenvalue weighted by Crippen LogP contribution is 2.20. The molecule has 1 saturated carbocycles. The fourth-order valence-corrected chi connectivity index (χ4v) is 3.07. The summed E-state index contributed by atoms with van der Waals surface area (Å²) < 4.78 is 2.79. The summed E-state index contributed by atoms with van der Waals surface area (Å²) in [5.41, 5.74) is 2.22. The summed E-state index contributed by atoms with van der Waals surface area (Å²) in [6, 6.07) is 4.16. The third-order valence-corrected chi connectivity index (χ3v) is 4.13. The molecule has 1 aliphatic carbocycles. The van der Waals surface area contributed by atoms with Gasteiger partial charge in [-0.2, -0.15) is 0 Å². The molecule has 0 spiro atoms. The highest BCUT2D eigenvalue weighted by atomic mass is 79.9. The highest BCUT2D eigenvalue weighted by Gasteiger charge is 2.22. The second-order valence-electron chi connectivity index (χ2n) is 5.08. The molecule has 1 aliphatic rings. The van der Waals surface area contributed by atoms with Crippen molar-refractivity contribution in [3.63, 3.8) is 0 Å². The number of aromatic nitrogens is 2. The van der Waals surface area contributed by atoms with Gasteiger partial charge in [-0.05, 0) is 47.8 Å². The Hall–Kier alpha value is -1.36. The van der Waals surface area contributed by atoms with E-state index in [0.29, 0.717) is 11.7 Å². The molecule has 1 fully saturated rings. The lowest BCUT2D eigenvalue weighted by Crippen LogP contribution is -2.33. The van der Waals surface area contributed by atoms with E-state index in [1.165, 1.54) is 12.8 Å². The van der Waals surface area contributed by atoms with Crippen LogP contribution in [0.2, 0.25) is 0 Å². The second-order valence-corrected chi connectivity index (χ2v) is 5.99. The van der Waals surface area contributed by atoms with Crippen LogP contribution < -0.4 is 5.32 Å². The van der Waals surface area contributed by atoms with Crippen molar-refractivity contribution in [3.8, 4) is 0 Å². The molecule has 2 aromatic rings. The first-order chi connectivity index (χ1) is 9.15. The Labute approximate surface area is 120 Å². The van der Waals surface area contributed by atoms with Gasteiger partial charge in [0.1, 0.15) is 11.3 Å². The lowest BCUT2D eigenvalue weighted by Gasteiger charge is -2.12. The molecule has 2 aromatic heterocycles. The molecule has 1 N–H and O–H groups in total. The van der Waals surface area contributed by atoms with Gasteiger partial charge >= 0.3 is 0 Å². The van der Waals surface area contributed by atoms with Gasteiger partial charge in [-0.1, -0.05) is 12.8 Å². The second kappa shape index (κ2) is 4.96. The molecule has 19 heavy (non-hydrogen) atoms. The van der Waals surface area contributed by atoms with E-state index < -0.39 is 0 Å². The van der Waals surface area contributed by atoms with Crippen LogP contribution in [0.1, 0.15) is 41.9 Å². The summed E-state index contributed by atoms with van der Waals surface area (Å²) in [5, 5.41) is 3.12. The van der Waals surface area contributed by atoms with Crippen LogP contribution in [-0.2, 0) is 0 Å². The number of carbonyl (C=O) groups excluding carboxylic acids is 1. The Bertz CT molecular complexity index is 629. The Balaban J connectivity index is 1.96. The molecule has 0 bridgehead atoms. The summed E-state index contributed by atoms with van der Waals surface area (Å²) in [4.78, 5) is 16.9. The van der Waals surface area contributed by atoms with Gasteiger partial charge < -0.3 is 5.32 Å². The third-order valence-electron chi connectivity index (χ3n) is 3.66. The standard InChI is InChI=1S/C14H16BrN3O/c1-9-13(14(19)17-11-4-2-3-5-11)18-8-10(15)6-7-12(18)16-9/h6-8,11H,2-5H2,1H3,(H,17,19). The summed E-state index contributed by atoms with van der Waals surface area (Å²) in [7, 11) is 0. The highest BCUT2D eigenvalue weighted by molar-refractivity contribution is 9.10. The molecular formula is C14H16BrN3O. The SMILES string of the molecule is Cc1nc2ccc(Br)cn2c1C(=O)NC1CCCC1. The van der Waals surface area contributed by atoms with Gasteiger partial charge in [-0.3, -0.25) is 9.20 Å². The minimum absolute atomic E-state index is 0.0185. The van der Waals surface area contributed by atoms with Crippen molar-refractivity contribution in [1.82, 2.24) is 14.7 Å². The van der Waals surface area contributed by atoms with Gasteiger partial charge in [0.15, 0.2) is 0 Å². The van der Waals surface area contributed by atoms with Crippen molar-refractivity contribution in [1.29, 1.82) is 0 Å². The van der Waals surface area contributed by atoms with Crippen LogP contribution in [0.3, 0.4) is 0 Å². The van der Waals surface area contributed by atoms with Crippen molar-refractivity contribution >= 4 is 27.5 Å². The predicted molar refractivity (Wildman–Crippen MR) is 77.4 cm³/mol. The van der Waals surface area contributed by atoms with Crippen LogP contribution in [0.25, 0.3) is 5.65 Å². The lowest BCUT2D eigenvalue weighted by atomic mass is 10.2. The van der Waals surface area contributed by atoms with E-state index in [1.54, 1.807) is 0 Å². The number of nitrogens with one attached hydrogen (secondary N) is 1. The monoisotopic (exact) mass is 321 g/mol. The van der Waals surface area contributed by atoms with Crippen LogP contribution >= 0.6 is 15.9 Å². The normalized spacial score (nSPS) is 16.1. The van der Waals surface area contributed by atoms with Crippen molar-refractivity contribution in [2.24, 2.45) is 0 Å². The maximum Gasteiger partial charge on any atom is 0.270 e. The van der Waals surface area contributed by atoms with E-state index in [0.717, 1.165) is 28.7 Å². The maximum atomic E-state index is 12.4. The average molecular weight is 322 g/mol. The minimum atomic E-state index is -0.0185. The molecule has 100 valence electrons. The number of carbonyl (C=O) groups is 1. The van der Waals surface area contributed by atoms with Gasteiger partial charge in [0.2, 0.25) is 0 Å². The largest absolute Gasteiger partial charge is 0.348 e. The molecule has 0 radical (unpaired) electrons. The van der Waals surface area contributed by atoms with Crippen molar-refractivity contribution < 1.29 is 4.79 Å². The molecule has 1 amide bonds. The van der Waals surface area contributed by atoms with Crippen LogP contribution in [0, 0.1) is 6.92 Å². The van der Waals surface area contributed by atoms with E-state index in [1.807, 2.05) is 29.7 Å². The number of aryl methyl sites for hydroxylation is 1. The quantitative estimate of drug-likeness (QED) is 0.924. The Morgan fingerprint density at radius 1 is 1.42 bits per heavy atom. The summed E-state index contributed by atoms with van der Waals surface area (Å²) in [5.74, 6) is -0.0185. The first-order valence-corrected chi connectivity index (χ1v) is 7.39. The van der Waals surface area contributed by atoms with Gasteiger partial charge in [-0.15, -0.1) is 0 Å². The zero-order valence-electron chi connectivity index (χ0n) is 10.8.